The molecule has 0 aromatic heterocycles. The Bertz CT molecular complexity index is 1070. The molecule has 0 unspecified atom stereocenters. The Morgan fingerprint density at radius 2 is 1.46 bits per heavy atom. The van der Waals surface area contributed by atoms with Crippen LogP contribution in [0.3, 0.4) is 0 Å². The molecular formula is C25H28F2O5S3. The lowest BCUT2D eigenvalue weighted by molar-refractivity contribution is -0.0860. The van der Waals surface area contributed by atoms with Crippen molar-refractivity contribution in [3.63, 3.8) is 0 Å². The molecule has 4 aliphatic carbocycles. The second-order valence-corrected chi connectivity index (χ2v) is 12.9. The van der Waals surface area contributed by atoms with E-state index < -0.39 is 22.0 Å². The average Bonchev–Trinajstić information content (AvgIpc) is 2.79. The molecule has 0 N–H and O–H groups in total. The van der Waals surface area contributed by atoms with E-state index in [-0.39, 0.29) is 12.0 Å². The summed E-state index contributed by atoms with van der Waals surface area (Å²) in [5, 5.41) is 0. The highest BCUT2D eigenvalue weighted by Gasteiger charge is 2.51. The third-order valence-corrected chi connectivity index (χ3v) is 9.00. The molecule has 4 aliphatic rings. The Morgan fingerprint density at radius 1 is 0.943 bits per heavy atom. The molecule has 2 aromatic rings. The van der Waals surface area contributed by atoms with Crippen LogP contribution in [0.4, 0.5) is 13.6 Å². The summed E-state index contributed by atoms with van der Waals surface area (Å²) >= 11 is 6.01. The Labute approximate surface area is 214 Å². The van der Waals surface area contributed by atoms with E-state index in [1.54, 1.807) is 11.8 Å². The first-order chi connectivity index (χ1) is 16.6. The quantitative estimate of drug-likeness (QED) is 0.240. The van der Waals surface area contributed by atoms with Gasteiger partial charge in [0, 0.05) is 20.1 Å². The highest BCUT2D eigenvalue weighted by atomic mass is 32.2. The highest BCUT2D eigenvalue weighted by Crippen LogP contribution is 2.60. The molecule has 2 aromatic carbocycles. The lowest BCUT2D eigenvalue weighted by Crippen LogP contribution is -2.48. The van der Waals surface area contributed by atoms with Crippen LogP contribution in [0, 0.1) is 23.2 Å². The molecule has 0 amide bonds. The molecule has 0 aliphatic heterocycles. The number of alkyl halides is 2. The maximum atomic E-state index is 12.1. The van der Waals surface area contributed by atoms with Gasteiger partial charge in [-0.2, -0.15) is 17.2 Å². The summed E-state index contributed by atoms with van der Waals surface area (Å²) in [5.74, 6) is -1.79. The van der Waals surface area contributed by atoms with Gasteiger partial charge in [0.25, 0.3) is 0 Å². The van der Waals surface area contributed by atoms with Gasteiger partial charge in [-0.05, 0) is 92.7 Å². The van der Waals surface area contributed by atoms with Crippen molar-refractivity contribution in [1.29, 1.82) is 0 Å². The lowest BCUT2D eigenvalue weighted by atomic mass is 9.50. The molecule has 0 atom stereocenters. The second kappa shape index (κ2) is 11.1. The molecule has 10 heteroatoms. The third-order valence-electron chi connectivity index (χ3n) is 6.88. The van der Waals surface area contributed by atoms with Crippen LogP contribution in [-0.2, 0) is 19.0 Å². The normalized spacial score (nSPS) is 26.7. The van der Waals surface area contributed by atoms with Crippen LogP contribution in [0.15, 0.2) is 69.3 Å². The number of carbonyl (C=O) groups is 1. The largest absolute Gasteiger partial charge is 0.524 e. The molecular weight excluding hydrogens is 514 g/mol. The van der Waals surface area contributed by atoms with Crippen molar-refractivity contribution < 1.29 is 30.9 Å². The van der Waals surface area contributed by atoms with Gasteiger partial charge in [-0.3, -0.25) is 0 Å². The van der Waals surface area contributed by atoms with Crippen molar-refractivity contribution >= 4 is 40.7 Å². The second-order valence-electron chi connectivity index (χ2n) is 9.70. The average molecular weight is 543 g/mol. The summed E-state index contributed by atoms with van der Waals surface area (Å²) in [4.78, 5) is 14.8. The highest BCUT2D eigenvalue weighted by molar-refractivity contribution is 7.99. The van der Waals surface area contributed by atoms with E-state index in [1.807, 2.05) is 18.2 Å². The number of thiol groups is 1. The Kier molecular flexibility index (Phi) is 8.33. The van der Waals surface area contributed by atoms with Gasteiger partial charge in [0.05, 0.1) is 0 Å². The SMILES string of the molecule is O=C(OCC12CC3CC(CC(C3)C1)C2)OS(=O)(=O)C(F)F.Sc1ccc(Sc2ccccc2)cc1. The third kappa shape index (κ3) is 7.13. The van der Waals surface area contributed by atoms with Crippen LogP contribution < -0.4 is 0 Å². The number of carbonyl (C=O) groups excluding carboxylic acids is 1. The van der Waals surface area contributed by atoms with E-state index in [0.29, 0.717) is 17.8 Å². The topological polar surface area (TPSA) is 69.7 Å². The minimum atomic E-state index is -5.18. The molecule has 4 saturated carbocycles. The van der Waals surface area contributed by atoms with Gasteiger partial charge in [0.15, 0.2) is 0 Å². The number of halogens is 2. The molecule has 35 heavy (non-hydrogen) atoms. The summed E-state index contributed by atoms with van der Waals surface area (Å²) in [5.41, 5.74) is -0.109. The fraction of sp³-hybridized carbons (Fsp3) is 0.480. The molecule has 0 spiro atoms. The van der Waals surface area contributed by atoms with Crippen molar-refractivity contribution in [2.24, 2.45) is 23.2 Å². The number of hydrogen-bond donors (Lipinski definition) is 1. The fourth-order valence-electron chi connectivity index (χ4n) is 5.97. The van der Waals surface area contributed by atoms with Gasteiger partial charge in [-0.1, -0.05) is 30.0 Å². The predicted octanol–water partition coefficient (Wildman–Crippen LogP) is 7.03. The van der Waals surface area contributed by atoms with Crippen molar-refractivity contribution in [3.05, 3.63) is 54.6 Å². The zero-order chi connectivity index (χ0) is 25.1. The smallest absolute Gasteiger partial charge is 0.433 e. The van der Waals surface area contributed by atoms with Gasteiger partial charge in [-0.25, -0.2) is 4.79 Å². The van der Waals surface area contributed by atoms with Gasteiger partial charge in [0.2, 0.25) is 0 Å². The molecule has 4 bridgehead atoms. The summed E-state index contributed by atoms with van der Waals surface area (Å²) in [6.07, 6.45) is 5.03. The first kappa shape index (κ1) is 26.3. The van der Waals surface area contributed by atoms with E-state index in [9.17, 15) is 22.0 Å². The minimum absolute atomic E-state index is 0.0636. The maximum absolute atomic E-state index is 12.1. The van der Waals surface area contributed by atoms with Crippen LogP contribution in [0.5, 0.6) is 0 Å². The summed E-state index contributed by atoms with van der Waals surface area (Å²) < 4.78 is 54.4. The lowest BCUT2D eigenvalue weighted by Gasteiger charge is -2.56. The molecule has 0 heterocycles. The van der Waals surface area contributed by atoms with Crippen molar-refractivity contribution in [2.75, 3.05) is 6.61 Å². The minimum Gasteiger partial charge on any atom is -0.433 e. The van der Waals surface area contributed by atoms with Crippen LogP contribution in [0.1, 0.15) is 38.5 Å². The van der Waals surface area contributed by atoms with Crippen molar-refractivity contribution in [1.82, 2.24) is 0 Å². The van der Waals surface area contributed by atoms with E-state index in [1.165, 1.54) is 29.1 Å². The van der Waals surface area contributed by atoms with Gasteiger partial charge in [-0.15, -0.1) is 12.6 Å². The van der Waals surface area contributed by atoms with Crippen LogP contribution >= 0.6 is 24.4 Å². The van der Waals surface area contributed by atoms with Gasteiger partial charge in [0.1, 0.15) is 6.61 Å². The van der Waals surface area contributed by atoms with E-state index in [4.69, 9.17) is 4.74 Å². The zero-order valence-corrected chi connectivity index (χ0v) is 21.5. The van der Waals surface area contributed by atoms with Crippen LogP contribution in [0.25, 0.3) is 0 Å². The van der Waals surface area contributed by atoms with E-state index in [2.05, 4.69) is 53.2 Å². The predicted molar refractivity (Wildman–Crippen MR) is 132 cm³/mol. The zero-order valence-electron chi connectivity index (χ0n) is 19.0. The molecule has 0 saturated heterocycles. The van der Waals surface area contributed by atoms with Crippen molar-refractivity contribution in [3.8, 4) is 0 Å². The number of ether oxygens (including phenoxy) is 1. The monoisotopic (exact) mass is 542 g/mol. The fourth-order valence-corrected chi connectivity index (χ4v) is 7.27. The summed E-state index contributed by atoms with van der Waals surface area (Å²) in [6, 6.07) is 18.5. The number of benzene rings is 2. The van der Waals surface area contributed by atoms with E-state index in [0.717, 1.165) is 24.2 Å². The summed E-state index contributed by atoms with van der Waals surface area (Å²) in [7, 11) is -5.18. The van der Waals surface area contributed by atoms with Crippen LogP contribution in [0.2, 0.25) is 0 Å². The number of hydrogen-bond acceptors (Lipinski definition) is 7. The first-order valence-electron chi connectivity index (χ1n) is 11.5. The molecule has 190 valence electrons. The van der Waals surface area contributed by atoms with E-state index >= 15 is 0 Å². The Balaban J connectivity index is 0.000000179. The van der Waals surface area contributed by atoms with Gasteiger partial charge < -0.3 is 8.92 Å². The first-order valence-corrected chi connectivity index (χ1v) is 14.3. The molecule has 4 fully saturated rings. The molecule has 6 rings (SSSR count). The summed E-state index contributed by atoms with van der Waals surface area (Å²) in [6.45, 7) is 0.0636. The maximum Gasteiger partial charge on any atom is 0.524 e. The van der Waals surface area contributed by atoms with Crippen molar-refractivity contribution in [2.45, 2.75) is 59.0 Å². The molecule has 0 radical (unpaired) electrons. The Morgan fingerprint density at radius 3 is 1.97 bits per heavy atom. The number of rotatable bonds is 6. The molecule has 5 nitrogen and oxygen atoms in total. The standard InChI is InChI=1S/C13H18F2O5S.C12H10S2/c14-11(15)21(17,18)20-12(16)19-7-13-4-8-1-9(5-13)3-10(2-8)6-13;13-10-6-8-12(9-7-10)14-11-4-2-1-3-5-11/h8-11H,1-7H2;1-9,13H. The Hall–Kier alpha value is -1.78. The van der Waals surface area contributed by atoms with Crippen LogP contribution in [-0.4, -0.2) is 26.9 Å². The van der Waals surface area contributed by atoms with Gasteiger partial charge >= 0.3 is 22.0 Å².